The second-order valence-electron chi connectivity index (χ2n) is 2.57. The van der Waals surface area contributed by atoms with Gasteiger partial charge in [0.1, 0.15) is 17.6 Å². The van der Waals surface area contributed by atoms with Gasteiger partial charge in [-0.3, -0.25) is 0 Å². The van der Waals surface area contributed by atoms with Gasteiger partial charge in [-0.1, -0.05) is 0 Å². The van der Waals surface area contributed by atoms with Gasteiger partial charge in [-0.2, -0.15) is 5.26 Å². The molecule has 52 valence electrons. The van der Waals surface area contributed by atoms with Crippen molar-refractivity contribution in [2.75, 3.05) is 0 Å². The van der Waals surface area contributed by atoms with E-state index in [4.69, 9.17) is 5.26 Å². The fourth-order valence-electron chi connectivity index (χ4n) is 0.564. The van der Waals surface area contributed by atoms with Crippen molar-refractivity contribution in [1.29, 1.82) is 5.26 Å². The Labute approximate surface area is 58.9 Å². The van der Waals surface area contributed by atoms with E-state index in [1.807, 2.05) is 0 Å². The predicted molar refractivity (Wildman–Crippen MR) is 35.0 cm³/mol. The zero-order valence-electron chi connectivity index (χ0n) is 5.92. The molecule has 0 spiro atoms. The highest BCUT2D eigenvalue weighted by atomic mass is 15.2. The van der Waals surface area contributed by atoms with Crippen molar-refractivity contribution in [3.05, 3.63) is 12.2 Å². The van der Waals surface area contributed by atoms with Crippen LogP contribution >= 0.6 is 0 Å². The van der Waals surface area contributed by atoms with Gasteiger partial charge in [-0.05, 0) is 13.8 Å². The fourth-order valence-corrected chi connectivity index (χ4v) is 0.564. The standard InChI is InChI=1S/C6H8N4/c1-6(2,3-7)5-8-4-9-10-5/h4H,1-2H3,(H,8,9,10). The van der Waals surface area contributed by atoms with Crippen molar-refractivity contribution >= 4 is 0 Å². The average molecular weight is 136 g/mol. The number of hydrogen-bond acceptors (Lipinski definition) is 3. The largest absolute Gasteiger partial charge is 0.330 e. The van der Waals surface area contributed by atoms with Gasteiger partial charge in [-0.25, -0.2) is 0 Å². The first kappa shape index (κ1) is 6.75. The molecule has 0 aliphatic carbocycles. The minimum atomic E-state index is -0.559. The van der Waals surface area contributed by atoms with Gasteiger partial charge in [-0.15, -0.1) is 10.2 Å². The second kappa shape index (κ2) is 2.10. The molecule has 0 bridgehead atoms. The van der Waals surface area contributed by atoms with E-state index < -0.39 is 5.41 Å². The Kier molecular flexibility index (Phi) is 1.42. The summed E-state index contributed by atoms with van der Waals surface area (Å²) in [6.45, 7) is 3.57. The molecule has 0 atom stereocenters. The molecule has 0 amide bonds. The maximum absolute atomic E-state index is 8.63. The Morgan fingerprint density at radius 3 is 2.80 bits per heavy atom. The molecule has 0 aromatic carbocycles. The van der Waals surface area contributed by atoms with Crippen molar-refractivity contribution in [3.63, 3.8) is 0 Å². The molecule has 0 radical (unpaired) electrons. The summed E-state index contributed by atoms with van der Waals surface area (Å²) in [4.78, 5) is 2.78. The summed E-state index contributed by atoms with van der Waals surface area (Å²) in [6, 6.07) is 2.11. The van der Waals surface area contributed by atoms with E-state index in [9.17, 15) is 0 Å². The molecule has 1 N–H and O–H groups in total. The van der Waals surface area contributed by atoms with E-state index in [0.29, 0.717) is 5.82 Å². The third-order valence-electron chi connectivity index (χ3n) is 1.29. The zero-order valence-corrected chi connectivity index (χ0v) is 5.92. The highest BCUT2D eigenvalue weighted by Gasteiger charge is 2.22. The van der Waals surface area contributed by atoms with Crippen LogP contribution in [0.5, 0.6) is 0 Å². The monoisotopic (exact) mass is 136 g/mol. The molecular weight excluding hydrogens is 128 g/mol. The SMILES string of the molecule is CC(C)(C#N)c1nnc[nH]1. The van der Waals surface area contributed by atoms with Crippen molar-refractivity contribution in [1.82, 2.24) is 15.2 Å². The quantitative estimate of drug-likeness (QED) is 0.615. The maximum Gasteiger partial charge on any atom is 0.150 e. The zero-order chi connectivity index (χ0) is 7.61. The Morgan fingerprint density at radius 1 is 1.70 bits per heavy atom. The number of aromatic nitrogens is 3. The summed E-state index contributed by atoms with van der Waals surface area (Å²) >= 11 is 0. The van der Waals surface area contributed by atoms with Gasteiger partial charge >= 0.3 is 0 Å². The van der Waals surface area contributed by atoms with Crippen molar-refractivity contribution in [2.24, 2.45) is 0 Å². The van der Waals surface area contributed by atoms with Crippen LogP contribution in [-0.4, -0.2) is 15.2 Å². The van der Waals surface area contributed by atoms with Gasteiger partial charge < -0.3 is 4.98 Å². The lowest BCUT2D eigenvalue weighted by atomic mass is 9.95. The van der Waals surface area contributed by atoms with E-state index in [1.54, 1.807) is 13.8 Å². The molecule has 1 aromatic rings. The number of nitrogens with zero attached hydrogens (tertiary/aromatic N) is 3. The highest BCUT2D eigenvalue weighted by molar-refractivity contribution is 5.14. The number of aromatic amines is 1. The lowest BCUT2D eigenvalue weighted by molar-refractivity contribution is 0.633. The number of nitrogens with one attached hydrogen (secondary N) is 1. The topological polar surface area (TPSA) is 65.4 Å². The number of rotatable bonds is 1. The number of hydrogen-bond donors (Lipinski definition) is 1. The molecule has 4 nitrogen and oxygen atoms in total. The third kappa shape index (κ3) is 0.982. The number of nitriles is 1. The van der Waals surface area contributed by atoms with E-state index >= 15 is 0 Å². The molecule has 1 heterocycles. The number of H-pyrrole nitrogens is 1. The lowest BCUT2D eigenvalue weighted by Gasteiger charge is -2.08. The van der Waals surface area contributed by atoms with Crippen LogP contribution in [-0.2, 0) is 5.41 Å². The van der Waals surface area contributed by atoms with Gasteiger partial charge in [0.25, 0.3) is 0 Å². The molecule has 0 saturated heterocycles. The normalized spacial score (nSPS) is 10.9. The molecule has 4 heteroatoms. The maximum atomic E-state index is 8.63. The summed E-state index contributed by atoms with van der Waals surface area (Å²) in [5.41, 5.74) is -0.559. The van der Waals surface area contributed by atoms with Crippen LogP contribution in [0.15, 0.2) is 6.33 Å². The van der Waals surface area contributed by atoms with Crippen molar-refractivity contribution < 1.29 is 0 Å². The molecule has 0 unspecified atom stereocenters. The van der Waals surface area contributed by atoms with Crippen LogP contribution in [0.1, 0.15) is 19.7 Å². The molecule has 0 fully saturated rings. The van der Waals surface area contributed by atoms with E-state index in [0.717, 1.165) is 0 Å². The van der Waals surface area contributed by atoms with Gasteiger partial charge in [0.15, 0.2) is 0 Å². The minimum Gasteiger partial charge on any atom is -0.330 e. The summed E-state index contributed by atoms with van der Waals surface area (Å²) in [6.07, 6.45) is 1.47. The minimum absolute atomic E-state index is 0.559. The van der Waals surface area contributed by atoms with E-state index in [2.05, 4.69) is 21.3 Å². The van der Waals surface area contributed by atoms with Gasteiger partial charge in [0, 0.05) is 0 Å². The van der Waals surface area contributed by atoms with Crippen LogP contribution < -0.4 is 0 Å². The summed E-state index contributed by atoms with van der Waals surface area (Å²) in [5, 5.41) is 15.9. The molecule has 0 aliphatic heterocycles. The molecule has 0 aliphatic rings. The molecule has 1 aromatic heterocycles. The Balaban J connectivity index is 2.99. The van der Waals surface area contributed by atoms with Crippen LogP contribution in [0.4, 0.5) is 0 Å². The summed E-state index contributed by atoms with van der Waals surface area (Å²) in [7, 11) is 0. The third-order valence-corrected chi connectivity index (χ3v) is 1.29. The van der Waals surface area contributed by atoms with Crippen LogP contribution in [0.25, 0.3) is 0 Å². The van der Waals surface area contributed by atoms with E-state index in [1.165, 1.54) is 6.33 Å². The van der Waals surface area contributed by atoms with Crippen molar-refractivity contribution in [3.8, 4) is 6.07 Å². The Hall–Kier alpha value is -1.37. The Bertz CT molecular complexity index is 241. The summed E-state index contributed by atoms with van der Waals surface area (Å²) in [5.74, 6) is 0.606. The van der Waals surface area contributed by atoms with Crippen LogP contribution in [0, 0.1) is 11.3 Å². The fraction of sp³-hybridized carbons (Fsp3) is 0.500. The lowest BCUT2D eigenvalue weighted by Crippen LogP contribution is -2.15. The smallest absolute Gasteiger partial charge is 0.150 e. The van der Waals surface area contributed by atoms with Crippen LogP contribution in [0.2, 0.25) is 0 Å². The average Bonchev–Trinajstić information content (AvgIpc) is 2.38. The second-order valence-corrected chi connectivity index (χ2v) is 2.57. The highest BCUT2D eigenvalue weighted by Crippen LogP contribution is 2.15. The molecule has 10 heavy (non-hydrogen) atoms. The molecule has 0 saturated carbocycles. The first-order valence-electron chi connectivity index (χ1n) is 2.94. The molecule has 1 rings (SSSR count). The predicted octanol–water partition coefficient (Wildman–Crippen LogP) is 0.606. The van der Waals surface area contributed by atoms with Gasteiger partial charge in [0.2, 0.25) is 0 Å². The first-order chi connectivity index (χ1) is 4.67. The Morgan fingerprint density at radius 2 is 2.40 bits per heavy atom. The summed E-state index contributed by atoms with van der Waals surface area (Å²) < 4.78 is 0. The molecular formula is C6H8N4. The first-order valence-corrected chi connectivity index (χ1v) is 2.94. The van der Waals surface area contributed by atoms with Crippen LogP contribution in [0.3, 0.4) is 0 Å². The van der Waals surface area contributed by atoms with Gasteiger partial charge in [0.05, 0.1) is 6.07 Å². The van der Waals surface area contributed by atoms with Crippen molar-refractivity contribution in [2.45, 2.75) is 19.3 Å². The van der Waals surface area contributed by atoms with E-state index in [-0.39, 0.29) is 0 Å².